The Hall–Kier alpha value is -2.61. The van der Waals surface area contributed by atoms with Crippen molar-refractivity contribution < 1.29 is 22.7 Å². The lowest BCUT2D eigenvalue weighted by Crippen LogP contribution is -2.34. The maximum absolute atomic E-state index is 12.0. The van der Waals surface area contributed by atoms with Crippen molar-refractivity contribution in [3.63, 3.8) is 0 Å². The summed E-state index contributed by atoms with van der Waals surface area (Å²) in [6.07, 6.45) is -2.68. The number of hydrogen-bond donors (Lipinski definition) is 2. The zero-order valence-corrected chi connectivity index (χ0v) is 13.3. The van der Waals surface area contributed by atoms with Crippen molar-refractivity contribution in [2.75, 3.05) is 6.61 Å². The van der Waals surface area contributed by atoms with E-state index in [0.29, 0.717) is 18.7 Å². The van der Waals surface area contributed by atoms with Gasteiger partial charge >= 0.3 is 12.2 Å². The molecule has 0 saturated carbocycles. The van der Waals surface area contributed by atoms with Gasteiger partial charge in [0.2, 0.25) is 0 Å². The van der Waals surface area contributed by atoms with Gasteiger partial charge in [-0.3, -0.25) is 4.98 Å². The molecule has 2 aromatic rings. The first kappa shape index (κ1) is 18.7. The smallest absolute Gasteiger partial charge is 0.367 e. The first-order chi connectivity index (χ1) is 11.9. The van der Waals surface area contributed by atoms with E-state index in [0.717, 1.165) is 11.3 Å². The molecule has 1 aromatic heterocycles. The third-order valence-electron chi connectivity index (χ3n) is 3.17. The maximum Gasteiger partial charge on any atom is 0.411 e. The highest BCUT2D eigenvalue weighted by Crippen LogP contribution is 2.15. The fourth-order valence-corrected chi connectivity index (χ4v) is 1.96. The molecule has 0 aliphatic heterocycles. The number of benzene rings is 1. The van der Waals surface area contributed by atoms with Crippen molar-refractivity contribution in [1.29, 1.82) is 0 Å². The summed E-state index contributed by atoms with van der Waals surface area (Å²) in [6.45, 7) is -0.759. The molecule has 1 heterocycles. The van der Waals surface area contributed by atoms with Gasteiger partial charge in [-0.1, -0.05) is 30.3 Å². The molecule has 0 spiro atoms. The lowest BCUT2D eigenvalue weighted by Gasteiger charge is -2.09. The average molecular weight is 353 g/mol. The number of amides is 2. The summed E-state index contributed by atoms with van der Waals surface area (Å²) in [5.41, 5.74) is 2.21. The predicted octanol–water partition coefficient (Wildman–Crippen LogP) is 3.16. The van der Waals surface area contributed by atoms with Gasteiger partial charge in [0.15, 0.2) is 0 Å². The van der Waals surface area contributed by atoms with Crippen LogP contribution in [0.3, 0.4) is 0 Å². The van der Waals surface area contributed by atoms with Crippen LogP contribution >= 0.6 is 0 Å². The molecule has 25 heavy (non-hydrogen) atoms. The van der Waals surface area contributed by atoms with Crippen LogP contribution in [0.2, 0.25) is 0 Å². The molecular weight excluding hydrogens is 335 g/mol. The molecular formula is C17H18F3N3O2. The second-order valence-corrected chi connectivity index (χ2v) is 5.28. The Morgan fingerprint density at radius 1 is 1.00 bits per heavy atom. The number of nitrogens with one attached hydrogen (secondary N) is 2. The number of carbonyl (C=O) groups excluding carboxylic acids is 1. The molecule has 0 aliphatic rings. The van der Waals surface area contributed by atoms with Gasteiger partial charge in [0.25, 0.3) is 0 Å². The summed E-state index contributed by atoms with van der Waals surface area (Å²) in [4.78, 5) is 15.8. The summed E-state index contributed by atoms with van der Waals surface area (Å²) in [5.74, 6) is 0. The number of nitrogens with zero attached hydrogens (tertiary/aromatic N) is 1. The summed E-state index contributed by atoms with van der Waals surface area (Å²) >= 11 is 0. The van der Waals surface area contributed by atoms with Gasteiger partial charge in [0.1, 0.15) is 6.61 Å². The van der Waals surface area contributed by atoms with Gasteiger partial charge in [-0.25, -0.2) is 4.79 Å². The number of rotatable bonds is 7. The van der Waals surface area contributed by atoms with Crippen LogP contribution in [-0.2, 0) is 24.4 Å². The van der Waals surface area contributed by atoms with Crippen molar-refractivity contribution in [1.82, 2.24) is 15.6 Å². The number of aromatic nitrogens is 1. The van der Waals surface area contributed by atoms with Crippen molar-refractivity contribution in [3.8, 4) is 0 Å². The van der Waals surface area contributed by atoms with E-state index in [4.69, 9.17) is 0 Å². The quantitative estimate of drug-likeness (QED) is 0.804. The maximum atomic E-state index is 12.0. The van der Waals surface area contributed by atoms with E-state index in [2.05, 4.69) is 20.4 Å². The van der Waals surface area contributed by atoms with Crippen LogP contribution in [0, 0.1) is 0 Å². The summed E-state index contributed by atoms with van der Waals surface area (Å²) in [6, 6.07) is 11.9. The Morgan fingerprint density at radius 3 is 2.32 bits per heavy atom. The Bertz CT molecular complexity index is 661. The normalized spacial score (nSPS) is 11.2. The van der Waals surface area contributed by atoms with Crippen molar-refractivity contribution in [2.45, 2.75) is 25.9 Å². The van der Waals surface area contributed by atoms with Gasteiger partial charge in [-0.05, 0) is 23.3 Å². The molecule has 0 aliphatic carbocycles. The molecule has 0 fully saturated rings. The van der Waals surface area contributed by atoms with E-state index in [-0.39, 0.29) is 12.6 Å². The van der Waals surface area contributed by atoms with Gasteiger partial charge in [-0.15, -0.1) is 0 Å². The van der Waals surface area contributed by atoms with Gasteiger partial charge in [-0.2, -0.15) is 13.2 Å². The highest BCUT2D eigenvalue weighted by Gasteiger charge is 2.27. The van der Waals surface area contributed by atoms with Crippen LogP contribution < -0.4 is 10.6 Å². The number of urea groups is 1. The number of alkyl halides is 3. The predicted molar refractivity (Wildman–Crippen MR) is 85.5 cm³/mol. The lowest BCUT2D eigenvalue weighted by atomic mass is 10.1. The van der Waals surface area contributed by atoms with Crippen LogP contribution in [-0.4, -0.2) is 23.8 Å². The van der Waals surface area contributed by atoms with Crippen molar-refractivity contribution >= 4 is 6.03 Å². The molecule has 0 atom stereocenters. The summed E-state index contributed by atoms with van der Waals surface area (Å²) in [5, 5.41) is 5.38. The van der Waals surface area contributed by atoms with Crippen LogP contribution in [0.1, 0.15) is 16.8 Å². The van der Waals surface area contributed by atoms with Crippen LogP contribution in [0.15, 0.2) is 48.7 Å². The van der Waals surface area contributed by atoms with Gasteiger partial charge in [0, 0.05) is 12.7 Å². The second-order valence-electron chi connectivity index (χ2n) is 5.28. The van der Waals surface area contributed by atoms with E-state index in [9.17, 15) is 18.0 Å². The van der Waals surface area contributed by atoms with Crippen molar-refractivity contribution in [3.05, 3.63) is 65.5 Å². The largest absolute Gasteiger partial charge is 0.411 e. The Morgan fingerprint density at radius 2 is 1.68 bits per heavy atom. The summed E-state index contributed by atoms with van der Waals surface area (Å²) < 4.78 is 40.6. The van der Waals surface area contributed by atoms with E-state index < -0.39 is 12.8 Å². The molecule has 0 radical (unpaired) electrons. The monoisotopic (exact) mass is 353 g/mol. The average Bonchev–Trinajstić information content (AvgIpc) is 2.59. The molecule has 2 amide bonds. The standard InChI is InChI=1S/C17H18F3N3O2/c18-17(19,20)12-25-11-14-6-4-13(5-7-14)9-22-16(24)23-10-15-3-1-2-8-21-15/h1-8H,9-12H2,(H2,22,23,24). The molecule has 5 nitrogen and oxygen atoms in total. The third-order valence-corrected chi connectivity index (χ3v) is 3.17. The molecule has 1 aromatic carbocycles. The Kier molecular flexibility index (Phi) is 6.76. The molecule has 0 unspecified atom stereocenters. The van der Waals surface area contributed by atoms with E-state index in [1.807, 2.05) is 6.07 Å². The molecule has 2 rings (SSSR count). The number of ether oxygens (including phenoxy) is 1. The van der Waals surface area contributed by atoms with Crippen LogP contribution in [0.5, 0.6) is 0 Å². The van der Waals surface area contributed by atoms with E-state index in [1.54, 1.807) is 42.6 Å². The van der Waals surface area contributed by atoms with Crippen LogP contribution in [0.4, 0.5) is 18.0 Å². The Labute approximate surface area is 143 Å². The van der Waals surface area contributed by atoms with Gasteiger partial charge < -0.3 is 15.4 Å². The first-order valence-corrected chi connectivity index (χ1v) is 7.56. The first-order valence-electron chi connectivity index (χ1n) is 7.56. The van der Waals surface area contributed by atoms with E-state index in [1.165, 1.54) is 0 Å². The zero-order chi connectivity index (χ0) is 18.1. The molecule has 0 saturated heterocycles. The third kappa shape index (κ3) is 7.67. The molecule has 8 heteroatoms. The number of hydrogen-bond acceptors (Lipinski definition) is 3. The topological polar surface area (TPSA) is 63.2 Å². The second kappa shape index (κ2) is 9.03. The van der Waals surface area contributed by atoms with E-state index >= 15 is 0 Å². The fraction of sp³-hybridized carbons (Fsp3) is 0.294. The SMILES string of the molecule is O=C(NCc1ccc(COCC(F)(F)F)cc1)NCc1ccccn1. The minimum Gasteiger partial charge on any atom is -0.367 e. The number of carbonyl (C=O) groups is 1. The molecule has 2 N–H and O–H groups in total. The molecule has 0 bridgehead atoms. The highest BCUT2D eigenvalue weighted by atomic mass is 19.4. The lowest BCUT2D eigenvalue weighted by molar-refractivity contribution is -0.176. The molecule has 134 valence electrons. The highest BCUT2D eigenvalue weighted by molar-refractivity contribution is 5.73. The van der Waals surface area contributed by atoms with Crippen LogP contribution in [0.25, 0.3) is 0 Å². The number of pyridine rings is 1. The van der Waals surface area contributed by atoms with Crippen molar-refractivity contribution in [2.24, 2.45) is 0 Å². The van der Waals surface area contributed by atoms with Gasteiger partial charge in [0.05, 0.1) is 18.8 Å². The number of halogens is 3. The Balaban J connectivity index is 1.69. The zero-order valence-electron chi connectivity index (χ0n) is 13.3. The minimum atomic E-state index is -4.33. The minimum absolute atomic E-state index is 0.113. The fourth-order valence-electron chi connectivity index (χ4n) is 1.96. The summed E-state index contributed by atoms with van der Waals surface area (Å²) in [7, 11) is 0.